The summed E-state index contributed by atoms with van der Waals surface area (Å²) in [5.74, 6) is 2.34. The normalized spacial score (nSPS) is 28.1. The Balaban J connectivity index is 0.00000220. The fraction of sp³-hybridized carbons (Fsp3) is 0.933. The zero-order chi connectivity index (χ0) is 14.2. The number of guanidine groups is 1. The highest BCUT2D eigenvalue weighted by atomic mass is 127. The van der Waals surface area contributed by atoms with Crippen LogP contribution in [0.1, 0.15) is 33.1 Å². The van der Waals surface area contributed by atoms with Crippen molar-refractivity contribution in [2.45, 2.75) is 39.2 Å². The van der Waals surface area contributed by atoms with Gasteiger partial charge in [-0.15, -0.1) is 24.0 Å². The lowest BCUT2D eigenvalue weighted by Gasteiger charge is -2.11. The van der Waals surface area contributed by atoms with Crippen LogP contribution in [0, 0.1) is 11.8 Å². The predicted molar refractivity (Wildman–Crippen MR) is 96.5 cm³/mol. The third kappa shape index (κ3) is 7.65. The molecular formula is C15H30IN3O2. The molecule has 5 nitrogen and oxygen atoms in total. The molecule has 0 aromatic rings. The highest BCUT2D eigenvalue weighted by molar-refractivity contribution is 14.0. The van der Waals surface area contributed by atoms with Gasteiger partial charge >= 0.3 is 0 Å². The summed E-state index contributed by atoms with van der Waals surface area (Å²) >= 11 is 0. The Labute approximate surface area is 145 Å². The molecule has 1 aliphatic carbocycles. The van der Waals surface area contributed by atoms with Crippen molar-refractivity contribution in [1.82, 2.24) is 10.6 Å². The largest absolute Gasteiger partial charge is 0.381 e. The van der Waals surface area contributed by atoms with E-state index in [1.807, 2.05) is 0 Å². The van der Waals surface area contributed by atoms with Gasteiger partial charge in [0.25, 0.3) is 0 Å². The molecule has 6 heteroatoms. The maximum atomic E-state index is 5.68. The minimum atomic E-state index is 0. The minimum absolute atomic E-state index is 0. The lowest BCUT2D eigenvalue weighted by atomic mass is 10.1. The SMILES string of the molecule is CCNC(=NCCCOCC1CCOC1)NC1CC1C.I. The van der Waals surface area contributed by atoms with Gasteiger partial charge in [0.2, 0.25) is 0 Å². The van der Waals surface area contributed by atoms with Gasteiger partial charge in [-0.05, 0) is 32.1 Å². The van der Waals surface area contributed by atoms with Crippen molar-refractivity contribution in [1.29, 1.82) is 0 Å². The summed E-state index contributed by atoms with van der Waals surface area (Å²) in [4.78, 5) is 4.59. The van der Waals surface area contributed by atoms with E-state index in [0.29, 0.717) is 12.0 Å². The highest BCUT2D eigenvalue weighted by Gasteiger charge is 2.33. The van der Waals surface area contributed by atoms with Crippen LogP contribution in [0.3, 0.4) is 0 Å². The van der Waals surface area contributed by atoms with Crippen molar-refractivity contribution in [2.75, 3.05) is 39.5 Å². The summed E-state index contributed by atoms with van der Waals surface area (Å²) in [7, 11) is 0. The van der Waals surface area contributed by atoms with Crippen LogP contribution in [0.4, 0.5) is 0 Å². The van der Waals surface area contributed by atoms with E-state index in [-0.39, 0.29) is 24.0 Å². The first-order valence-electron chi connectivity index (χ1n) is 8.00. The fourth-order valence-electron chi connectivity index (χ4n) is 2.34. The second kappa shape index (κ2) is 10.6. The Morgan fingerprint density at radius 2 is 2.24 bits per heavy atom. The Morgan fingerprint density at radius 1 is 1.43 bits per heavy atom. The molecule has 1 saturated heterocycles. The molecule has 2 fully saturated rings. The maximum absolute atomic E-state index is 5.68. The zero-order valence-electron chi connectivity index (χ0n) is 13.3. The molecule has 0 amide bonds. The summed E-state index contributed by atoms with van der Waals surface area (Å²) in [5.41, 5.74) is 0. The summed E-state index contributed by atoms with van der Waals surface area (Å²) in [6, 6.07) is 0.617. The number of hydrogen-bond donors (Lipinski definition) is 2. The molecule has 0 spiro atoms. The Hall–Kier alpha value is -0.0800. The summed E-state index contributed by atoms with van der Waals surface area (Å²) in [5, 5.41) is 6.75. The van der Waals surface area contributed by atoms with Gasteiger partial charge in [0.05, 0.1) is 13.2 Å². The van der Waals surface area contributed by atoms with Crippen molar-refractivity contribution >= 4 is 29.9 Å². The molecule has 2 rings (SSSR count). The molecule has 1 aliphatic heterocycles. The standard InChI is InChI=1S/C15H29N3O2.HI/c1-3-16-15(18-14-9-12(14)2)17-6-4-7-19-10-13-5-8-20-11-13;/h12-14H,3-11H2,1-2H3,(H2,16,17,18);1H. The third-order valence-electron chi connectivity index (χ3n) is 3.87. The van der Waals surface area contributed by atoms with Crippen LogP contribution in [0.25, 0.3) is 0 Å². The van der Waals surface area contributed by atoms with Gasteiger partial charge in [0.15, 0.2) is 5.96 Å². The van der Waals surface area contributed by atoms with Crippen LogP contribution in [0.5, 0.6) is 0 Å². The van der Waals surface area contributed by atoms with Gasteiger partial charge in [-0.3, -0.25) is 4.99 Å². The quantitative estimate of drug-likeness (QED) is 0.278. The number of halogens is 1. The first-order chi connectivity index (χ1) is 9.79. The van der Waals surface area contributed by atoms with Crippen LogP contribution in [0.15, 0.2) is 4.99 Å². The molecule has 21 heavy (non-hydrogen) atoms. The van der Waals surface area contributed by atoms with E-state index in [1.165, 1.54) is 6.42 Å². The molecule has 0 radical (unpaired) electrons. The van der Waals surface area contributed by atoms with Crippen molar-refractivity contribution in [2.24, 2.45) is 16.8 Å². The van der Waals surface area contributed by atoms with Crippen molar-refractivity contribution in [3.8, 4) is 0 Å². The zero-order valence-corrected chi connectivity index (χ0v) is 15.6. The lowest BCUT2D eigenvalue weighted by Crippen LogP contribution is -2.39. The first kappa shape index (κ1) is 19.0. The molecule has 0 aromatic heterocycles. The maximum Gasteiger partial charge on any atom is 0.191 e. The average molecular weight is 411 g/mol. The minimum Gasteiger partial charge on any atom is -0.381 e. The Kier molecular flexibility index (Phi) is 9.59. The fourth-order valence-corrected chi connectivity index (χ4v) is 2.34. The van der Waals surface area contributed by atoms with Crippen molar-refractivity contribution < 1.29 is 9.47 Å². The molecule has 0 aromatic carbocycles. The summed E-state index contributed by atoms with van der Waals surface area (Å²) < 4.78 is 11.0. The van der Waals surface area contributed by atoms with E-state index in [2.05, 4.69) is 29.5 Å². The summed E-state index contributed by atoms with van der Waals surface area (Å²) in [6.45, 7) is 9.48. The molecule has 2 aliphatic rings. The van der Waals surface area contributed by atoms with E-state index >= 15 is 0 Å². The second-order valence-electron chi connectivity index (χ2n) is 5.88. The number of ether oxygens (including phenoxy) is 2. The van der Waals surface area contributed by atoms with Crippen LogP contribution in [-0.2, 0) is 9.47 Å². The molecule has 1 heterocycles. The van der Waals surface area contributed by atoms with E-state index in [9.17, 15) is 0 Å². The average Bonchev–Trinajstić information content (AvgIpc) is 2.93. The number of rotatable bonds is 8. The molecule has 3 atom stereocenters. The van der Waals surface area contributed by atoms with Crippen molar-refractivity contribution in [3.05, 3.63) is 0 Å². The van der Waals surface area contributed by atoms with Crippen LogP contribution < -0.4 is 10.6 Å². The third-order valence-corrected chi connectivity index (χ3v) is 3.87. The molecule has 3 unspecified atom stereocenters. The van der Waals surface area contributed by atoms with Gasteiger partial charge < -0.3 is 20.1 Å². The highest BCUT2D eigenvalue weighted by Crippen LogP contribution is 2.28. The van der Waals surface area contributed by atoms with Crippen LogP contribution >= 0.6 is 24.0 Å². The Bertz CT molecular complexity index is 309. The van der Waals surface area contributed by atoms with E-state index in [0.717, 1.165) is 64.2 Å². The van der Waals surface area contributed by atoms with Gasteiger partial charge in [0.1, 0.15) is 0 Å². The van der Waals surface area contributed by atoms with E-state index in [1.54, 1.807) is 0 Å². The number of aliphatic imine (C=N–C) groups is 1. The monoisotopic (exact) mass is 411 g/mol. The molecular weight excluding hydrogens is 381 g/mol. The second-order valence-corrected chi connectivity index (χ2v) is 5.88. The summed E-state index contributed by atoms with van der Waals surface area (Å²) in [6.07, 6.45) is 3.38. The molecule has 2 N–H and O–H groups in total. The smallest absolute Gasteiger partial charge is 0.191 e. The van der Waals surface area contributed by atoms with Gasteiger partial charge in [-0.2, -0.15) is 0 Å². The number of nitrogens with one attached hydrogen (secondary N) is 2. The van der Waals surface area contributed by atoms with Gasteiger partial charge in [-0.25, -0.2) is 0 Å². The van der Waals surface area contributed by atoms with E-state index < -0.39 is 0 Å². The van der Waals surface area contributed by atoms with E-state index in [4.69, 9.17) is 9.47 Å². The lowest BCUT2D eigenvalue weighted by molar-refractivity contribution is 0.0893. The van der Waals surface area contributed by atoms with Crippen molar-refractivity contribution in [3.63, 3.8) is 0 Å². The predicted octanol–water partition coefficient (Wildman–Crippen LogP) is 2.01. The van der Waals surface area contributed by atoms with Crippen LogP contribution in [-0.4, -0.2) is 51.5 Å². The van der Waals surface area contributed by atoms with Gasteiger partial charge in [-0.1, -0.05) is 6.92 Å². The molecule has 1 saturated carbocycles. The molecule has 0 bridgehead atoms. The van der Waals surface area contributed by atoms with Gasteiger partial charge in [0, 0.05) is 38.3 Å². The Morgan fingerprint density at radius 3 is 2.86 bits per heavy atom. The molecule has 124 valence electrons. The number of nitrogens with zero attached hydrogens (tertiary/aromatic N) is 1. The number of hydrogen-bond acceptors (Lipinski definition) is 3. The topological polar surface area (TPSA) is 54.9 Å². The first-order valence-corrected chi connectivity index (χ1v) is 8.00. The van der Waals surface area contributed by atoms with Crippen LogP contribution in [0.2, 0.25) is 0 Å².